The molecule has 1 aliphatic heterocycles. The minimum Gasteiger partial charge on any atom is -0.478 e. The maximum absolute atomic E-state index is 11.6. The minimum atomic E-state index is -1.14. The van der Waals surface area contributed by atoms with Gasteiger partial charge >= 0.3 is 11.9 Å². The highest BCUT2D eigenvalue weighted by Crippen LogP contribution is 2.33. The number of benzene rings is 4. The van der Waals surface area contributed by atoms with E-state index in [1.807, 2.05) is 0 Å². The van der Waals surface area contributed by atoms with Gasteiger partial charge in [0.1, 0.15) is 12.7 Å². The molecule has 1 atom stereocenters. The molecular weight excluding hydrogens is 440 g/mol. The van der Waals surface area contributed by atoms with Crippen molar-refractivity contribution in [2.75, 3.05) is 13.2 Å². The molecule has 5 heteroatoms. The molecule has 180 valence electrons. The second-order valence-corrected chi connectivity index (χ2v) is 8.70. The quantitative estimate of drug-likeness (QED) is 0.211. The Labute approximate surface area is 205 Å². The number of carboxylic acids is 1. The summed E-state index contributed by atoms with van der Waals surface area (Å²) in [7, 11) is 0. The van der Waals surface area contributed by atoms with Gasteiger partial charge in [0.15, 0.2) is 0 Å². The summed E-state index contributed by atoms with van der Waals surface area (Å²) in [6.45, 7) is 0.765. The molecule has 0 aromatic heterocycles. The van der Waals surface area contributed by atoms with Gasteiger partial charge in [-0.3, -0.25) is 0 Å². The highest BCUT2D eigenvalue weighted by atomic mass is 16.6. The van der Waals surface area contributed by atoms with Crippen LogP contribution < -0.4 is 0 Å². The zero-order chi connectivity index (χ0) is 23.5. The van der Waals surface area contributed by atoms with Crippen LogP contribution in [0.15, 0.2) is 72.8 Å². The molecule has 0 radical (unpaired) electrons. The van der Waals surface area contributed by atoms with Crippen LogP contribution in [0.5, 0.6) is 0 Å². The fraction of sp³-hybridized carbons (Fsp3) is 0.267. The molecule has 0 amide bonds. The Bertz CT molecular complexity index is 1370. The van der Waals surface area contributed by atoms with Crippen LogP contribution in [0.25, 0.3) is 21.5 Å². The summed E-state index contributed by atoms with van der Waals surface area (Å²) in [6.07, 6.45) is 5.19. The number of hydrogen-bond acceptors (Lipinski definition) is 4. The first kappa shape index (κ1) is 24.4. The molecule has 6 rings (SSSR count). The topological polar surface area (TPSA) is 76.1 Å². The Hall–Kier alpha value is -3.70. The maximum atomic E-state index is 11.6. The van der Waals surface area contributed by atoms with Crippen molar-refractivity contribution in [1.82, 2.24) is 0 Å². The lowest BCUT2D eigenvalue weighted by molar-refractivity contribution is 0.0467. The third kappa shape index (κ3) is 5.36. The molecule has 4 aromatic rings. The Morgan fingerprint density at radius 3 is 2.29 bits per heavy atom. The molecule has 0 spiro atoms. The van der Waals surface area contributed by atoms with Gasteiger partial charge in [0, 0.05) is 0 Å². The normalized spacial score (nSPS) is 15.8. The first-order valence-electron chi connectivity index (χ1n) is 11.6. The average molecular weight is 471 g/mol. The molecule has 0 saturated carbocycles. The molecule has 5 nitrogen and oxygen atoms in total. The largest absolute Gasteiger partial charge is 0.478 e. The van der Waals surface area contributed by atoms with Gasteiger partial charge < -0.3 is 14.6 Å². The highest BCUT2D eigenvalue weighted by molar-refractivity contribution is 6.08. The van der Waals surface area contributed by atoms with Crippen molar-refractivity contribution in [2.45, 2.75) is 39.2 Å². The van der Waals surface area contributed by atoms with Crippen LogP contribution in [0.2, 0.25) is 0 Å². The van der Waals surface area contributed by atoms with E-state index in [9.17, 15) is 9.59 Å². The van der Waals surface area contributed by atoms with E-state index < -0.39 is 11.9 Å². The third-order valence-corrected chi connectivity index (χ3v) is 6.44. The van der Waals surface area contributed by atoms with Crippen molar-refractivity contribution < 1.29 is 24.2 Å². The number of fused-ring (bicyclic) bond motifs is 5. The maximum Gasteiger partial charge on any atom is 0.339 e. The number of carboxylic acid groups (broad SMARTS) is 1. The van der Waals surface area contributed by atoms with E-state index in [4.69, 9.17) is 14.6 Å². The van der Waals surface area contributed by atoms with Crippen LogP contribution in [0, 0.1) is 0 Å². The van der Waals surface area contributed by atoms with Crippen LogP contribution >= 0.6 is 0 Å². The highest BCUT2D eigenvalue weighted by Gasteiger charge is 2.25. The van der Waals surface area contributed by atoms with E-state index in [1.54, 1.807) is 23.3 Å². The third-order valence-electron chi connectivity index (χ3n) is 6.44. The Balaban J connectivity index is 0.000000162. The lowest BCUT2D eigenvalue weighted by Crippen LogP contribution is -2.14. The summed E-state index contributed by atoms with van der Waals surface area (Å²) < 4.78 is 9.79. The second kappa shape index (κ2) is 10.7. The fourth-order valence-corrected chi connectivity index (χ4v) is 4.60. The SMILES string of the molecule is C.O=C(O)c1ccccc1C(=O)OCC1CO1.c1ccc2c(c1)ccc1c3c(ccc12)CCCC3. The Morgan fingerprint density at radius 2 is 1.51 bits per heavy atom. The van der Waals surface area contributed by atoms with Crippen molar-refractivity contribution in [3.8, 4) is 0 Å². The summed E-state index contributed by atoms with van der Waals surface area (Å²) in [6, 6.07) is 23.9. The van der Waals surface area contributed by atoms with Gasteiger partial charge in [-0.15, -0.1) is 0 Å². The van der Waals surface area contributed by atoms with E-state index >= 15 is 0 Å². The van der Waals surface area contributed by atoms with E-state index in [1.165, 1.54) is 59.4 Å². The molecule has 1 fully saturated rings. The molecule has 1 heterocycles. The molecule has 2 aliphatic rings. The van der Waals surface area contributed by atoms with Gasteiger partial charge in [-0.05, 0) is 70.5 Å². The summed E-state index contributed by atoms with van der Waals surface area (Å²) in [5, 5.41) is 14.5. The van der Waals surface area contributed by atoms with Gasteiger partial charge in [-0.25, -0.2) is 9.59 Å². The van der Waals surface area contributed by atoms with Crippen LogP contribution in [-0.2, 0) is 22.3 Å². The lowest BCUT2D eigenvalue weighted by atomic mass is 9.86. The van der Waals surface area contributed by atoms with Crippen LogP contribution in [0.1, 0.15) is 52.1 Å². The van der Waals surface area contributed by atoms with Crippen molar-refractivity contribution in [3.05, 3.63) is 95.1 Å². The zero-order valence-electron chi connectivity index (χ0n) is 18.8. The van der Waals surface area contributed by atoms with Gasteiger partial charge in [0.05, 0.1) is 17.7 Å². The predicted octanol–water partition coefficient (Wildman–Crippen LogP) is 6.45. The standard InChI is InChI=1S/C18H16.C11H10O5.CH4/c1-3-7-15-13(5-1)9-11-18-16-8-4-2-6-14(16)10-12-17(15)18;12-10(13)8-3-1-2-4-9(8)11(14)16-6-7-5-15-7;/h1,3,5,7,9-12H,2,4,6,8H2;1-4,7H,5-6H2,(H,12,13);1H4. The second-order valence-electron chi connectivity index (χ2n) is 8.70. The van der Waals surface area contributed by atoms with E-state index in [-0.39, 0.29) is 31.3 Å². The molecule has 35 heavy (non-hydrogen) atoms. The van der Waals surface area contributed by atoms with E-state index in [0.717, 1.165) is 0 Å². The van der Waals surface area contributed by atoms with Crippen molar-refractivity contribution in [1.29, 1.82) is 0 Å². The number of epoxide rings is 1. The number of rotatable bonds is 4. The number of aromatic carboxylic acids is 1. The minimum absolute atomic E-state index is 0. The molecule has 0 bridgehead atoms. The van der Waals surface area contributed by atoms with Crippen LogP contribution in [0.3, 0.4) is 0 Å². The van der Waals surface area contributed by atoms with Crippen LogP contribution in [0.4, 0.5) is 0 Å². The van der Waals surface area contributed by atoms with Gasteiger partial charge in [-0.1, -0.05) is 68.1 Å². The summed E-state index contributed by atoms with van der Waals surface area (Å²) >= 11 is 0. The monoisotopic (exact) mass is 470 g/mol. The number of ether oxygens (including phenoxy) is 2. The molecule has 1 saturated heterocycles. The predicted molar refractivity (Wildman–Crippen MR) is 138 cm³/mol. The molecule has 1 unspecified atom stereocenters. The number of aryl methyl sites for hydroxylation is 2. The van der Waals surface area contributed by atoms with Crippen molar-refractivity contribution >= 4 is 33.5 Å². The first-order valence-corrected chi connectivity index (χ1v) is 11.6. The van der Waals surface area contributed by atoms with Gasteiger partial charge in [-0.2, -0.15) is 0 Å². The van der Waals surface area contributed by atoms with Crippen molar-refractivity contribution in [2.24, 2.45) is 0 Å². The molecule has 4 aromatic carbocycles. The molecule has 1 aliphatic carbocycles. The fourth-order valence-electron chi connectivity index (χ4n) is 4.60. The van der Waals surface area contributed by atoms with Crippen LogP contribution in [-0.4, -0.2) is 36.4 Å². The number of esters is 1. The smallest absolute Gasteiger partial charge is 0.339 e. The van der Waals surface area contributed by atoms with Gasteiger partial charge in [0.25, 0.3) is 0 Å². The Kier molecular flexibility index (Phi) is 7.47. The van der Waals surface area contributed by atoms with Crippen molar-refractivity contribution in [3.63, 3.8) is 0 Å². The average Bonchev–Trinajstić information content (AvgIpc) is 3.72. The zero-order valence-corrected chi connectivity index (χ0v) is 18.8. The lowest BCUT2D eigenvalue weighted by Gasteiger charge is -2.18. The molecular formula is C30H30O5. The first-order chi connectivity index (χ1) is 16.6. The summed E-state index contributed by atoms with van der Waals surface area (Å²) in [5.74, 6) is -1.77. The summed E-state index contributed by atoms with van der Waals surface area (Å²) in [5.41, 5.74) is 3.19. The molecule has 1 N–H and O–H groups in total. The van der Waals surface area contributed by atoms with Gasteiger partial charge in [0.2, 0.25) is 0 Å². The summed E-state index contributed by atoms with van der Waals surface area (Å²) in [4.78, 5) is 22.4. The number of carbonyl (C=O) groups excluding carboxylic acids is 1. The Morgan fingerprint density at radius 1 is 0.829 bits per heavy atom. The number of carbonyl (C=O) groups is 2. The van der Waals surface area contributed by atoms with E-state index in [0.29, 0.717) is 6.61 Å². The number of hydrogen-bond donors (Lipinski definition) is 1. The van der Waals surface area contributed by atoms with E-state index in [2.05, 4.69) is 48.5 Å².